The van der Waals surface area contributed by atoms with Crippen molar-refractivity contribution in [3.8, 4) is 17.2 Å². The van der Waals surface area contributed by atoms with Gasteiger partial charge in [0.1, 0.15) is 12.4 Å². The zero-order chi connectivity index (χ0) is 21.2. The fourth-order valence-electron chi connectivity index (χ4n) is 2.62. The molecule has 7 heteroatoms. The number of methoxy groups -OCH3 is 2. The molecule has 2 rings (SSSR count). The molecule has 0 saturated heterocycles. The second kappa shape index (κ2) is 11.5. The first-order valence-corrected chi connectivity index (χ1v) is 9.83. The van der Waals surface area contributed by atoms with Crippen LogP contribution < -0.4 is 19.5 Å². The summed E-state index contributed by atoms with van der Waals surface area (Å²) in [6.07, 6.45) is 0.00979. The van der Waals surface area contributed by atoms with Crippen molar-refractivity contribution < 1.29 is 23.7 Å². The summed E-state index contributed by atoms with van der Waals surface area (Å²) >= 11 is 5.85. The lowest BCUT2D eigenvalue weighted by Gasteiger charge is -2.17. The van der Waals surface area contributed by atoms with E-state index in [1.54, 1.807) is 31.4 Å². The Bertz CT molecular complexity index is 779. The number of rotatable bonds is 11. The normalized spacial score (nSPS) is 11.8. The van der Waals surface area contributed by atoms with Crippen molar-refractivity contribution in [2.24, 2.45) is 0 Å². The second-order valence-corrected chi connectivity index (χ2v) is 7.12. The highest BCUT2D eigenvalue weighted by atomic mass is 35.5. The smallest absolute Gasteiger partial charge is 0.252 e. The van der Waals surface area contributed by atoms with Crippen molar-refractivity contribution in [2.75, 3.05) is 27.4 Å². The number of carbonyl (C=O) groups is 1. The minimum absolute atomic E-state index is 0.0649. The van der Waals surface area contributed by atoms with Crippen LogP contribution in [0.15, 0.2) is 42.5 Å². The molecule has 2 aromatic carbocycles. The Morgan fingerprint density at radius 1 is 1.07 bits per heavy atom. The van der Waals surface area contributed by atoms with E-state index < -0.39 is 6.10 Å². The molecule has 1 N–H and O–H groups in total. The number of ether oxygens (including phenoxy) is 4. The molecule has 0 fully saturated rings. The third-order valence-corrected chi connectivity index (χ3v) is 4.35. The largest absolute Gasteiger partial charge is 0.493 e. The molecule has 6 nitrogen and oxygen atoms in total. The van der Waals surface area contributed by atoms with Crippen LogP contribution in [0.3, 0.4) is 0 Å². The standard InChI is InChI=1S/C22H28ClNO5/c1-15(2)29-19-10-5-16(13-20(19)26-3)11-12-24-22(25)21(27-4)14-28-18-8-6-17(23)7-9-18/h5-10,13,15,21H,11-12,14H2,1-4H3,(H,24,25)/t21-/m0/s1. The molecule has 0 aliphatic heterocycles. The maximum absolute atomic E-state index is 12.4. The zero-order valence-electron chi connectivity index (χ0n) is 17.2. The van der Waals surface area contributed by atoms with Crippen molar-refractivity contribution in [2.45, 2.75) is 32.5 Å². The van der Waals surface area contributed by atoms with E-state index in [1.165, 1.54) is 7.11 Å². The fourth-order valence-corrected chi connectivity index (χ4v) is 2.74. The first kappa shape index (κ1) is 22.8. The van der Waals surface area contributed by atoms with Crippen LogP contribution in [0.5, 0.6) is 17.2 Å². The van der Waals surface area contributed by atoms with Gasteiger partial charge in [0, 0.05) is 18.7 Å². The van der Waals surface area contributed by atoms with E-state index in [4.69, 9.17) is 30.5 Å². The van der Waals surface area contributed by atoms with Gasteiger partial charge in [-0.25, -0.2) is 0 Å². The molecular formula is C22H28ClNO5. The summed E-state index contributed by atoms with van der Waals surface area (Å²) < 4.78 is 22.0. The Balaban J connectivity index is 1.83. The van der Waals surface area contributed by atoms with E-state index in [-0.39, 0.29) is 18.6 Å². The van der Waals surface area contributed by atoms with Gasteiger partial charge >= 0.3 is 0 Å². The molecule has 0 spiro atoms. The molecule has 0 unspecified atom stereocenters. The molecule has 29 heavy (non-hydrogen) atoms. The van der Waals surface area contributed by atoms with Crippen LogP contribution in [-0.2, 0) is 16.0 Å². The van der Waals surface area contributed by atoms with Gasteiger partial charge in [0.15, 0.2) is 17.6 Å². The predicted molar refractivity (Wildman–Crippen MR) is 113 cm³/mol. The summed E-state index contributed by atoms with van der Waals surface area (Å²) in [6.45, 7) is 4.50. The molecule has 0 aromatic heterocycles. The lowest BCUT2D eigenvalue weighted by Crippen LogP contribution is -2.40. The van der Waals surface area contributed by atoms with Gasteiger partial charge in [0.2, 0.25) is 0 Å². The molecule has 0 bridgehead atoms. The number of halogens is 1. The van der Waals surface area contributed by atoms with Gasteiger partial charge in [-0.05, 0) is 62.2 Å². The molecule has 2 aromatic rings. The summed E-state index contributed by atoms with van der Waals surface area (Å²) in [5, 5.41) is 3.50. The van der Waals surface area contributed by atoms with E-state index in [1.807, 2.05) is 32.0 Å². The Hall–Kier alpha value is -2.44. The van der Waals surface area contributed by atoms with E-state index in [0.29, 0.717) is 35.2 Å². The van der Waals surface area contributed by atoms with Gasteiger partial charge in [0.05, 0.1) is 13.2 Å². The molecule has 1 amide bonds. The number of carbonyl (C=O) groups excluding carboxylic acids is 1. The Morgan fingerprint density at radius 3 is 2.41 bits per heavy atom. The van der Waals surface area contributed by atoms with Crippen molar-refractivity contribution in [3.05, 3.63) is 53.1 Å². The Morgan fingerprint density at radius 2 is 1.79 bits per heavy atom. The van der Waals surface area contributed by atoms with E-state index in [0.717, 1.165) is 5.56 Å². The van der Waals surface area contributed by atoms with Gasteiger partial charge in [0.25, 0.3) is 5.91 Å². The number of hydrogen-bond acceptors (Lipinski definition) is 5. The van der Waals surface area contributed by atoms with Crippen molar-refractivity contribution in [3.63, 3.8) is 0 Å². The van der Waals surface area contributed by atoms with Crippen molar-refractivity contribution in [1.82, 2.24) is 5.32 Å². The molecule has 0 aliphatic carbocycles. The molecule has 0 heterocycles. The average molecular weight is 422 g/mol. The number of nitrogens with one attached hydrogen (secondary N) is 1. The quantitative estimate of drug-likeness (QED) is 0.596. The minimum atomic E-state index is -0.706. The summed E-state index contributed by atoms with van der Waals surface area (Å²) in [5.74, 6) is 1.77. The lowest BCUT2D eigenvalue weighted by molar-refractivity contribution is -0.132. The monoisotopic (exact) mass is 421 g/mol. The maximum Gasteiger partial charge on any atom is 0.252 e. The summed E-state index contributed by atoms with van der Waals surface area (Å²) in [5.41, 5.74) is 1.03. The first-order chi connectivity index (χ1) is 13.9. The summed E-state index contributed by atoms with van der Waals surface area (Å²) in [7, 11) is 3.09. The Labute approximate surface area is 177 Å². The molecule has 0 saturated carbocycles. The van der Waals surface area contributed by atoms with Gasteiger partial charge in [-0.3, -0.25) is 4.79 Å². The van der Waals surface area contributed by atoms with Crippen LogP contribution in [0.2, 0.25) is 5.02 Å². The van der Waals surface area contributed by atoms with Crippen LogP contribution in [0, 0.1) is 0 Å². The van der Waals surface area contributed by atoms with Crippen molar-refractivity contribution >= 4 is 17.5 Å². The SMILES string of the molecule is COc1cc(CCNC(=O)[C@H](COc2ccc(Cl)cc2)OC)ccc1OC(C)C. The third-order valence-electron chi connectivity index (χ3n) is 4.10. The molecule has 0 aliphatic rings. The predicted octanol–water partition coefficient (Wildman–Crippen LogP) is 3.89. The van der Waals surface area contributed by atoms with E-state index in [9.17, 15) is 4.79 Å². The molecule has 1 atom stereocenters. The van der Waals surface area contributed by atoms with Crippen molar-refractivity contribution in [1.29, 1.82) is 0 Å². The summed E-state index contributed by atoms with van der Waals surface area (Å²) in [4.78, 5) is 12.4. The first-order valence-electron chi connectivity index (χ1n) is 9.45. The molecule has 158 valence electrons. The van der Waals surface area contributed by atoms with Crippen LogP contribution in [0.1, 0.15) is 19.4 Å². The fraction of sp³-hybridized carbons (Fsp3) is 0.409. The highest BCUT2D eigenvalue weighted by Crippen LogP contribution is 2.29. The van der Waals surface area contributed by atoms with Crippen LogP contribution in [0.4, 0.5) is 0 Å². The minimum Gasteiger partial charge on any atom is -0.493 e. The number of amides is 1. The summed E-state index contributed by atoms with van der Waals surface area (Å²) in [6, 6.07) is 12.7. The van der Waals surface area contributed by atoms with Gasteiger partial charge < -0.3 is 24.3 Å². The van der Waals surface area contributed by atoms with Gasteiger partial charge in [-0.2, -0.15) is 0 Å². The zero-order valence-corrected chi connectivity index (χ0v) is 18.0. The van der Waals surface area contributed by atoms with Gasteiger partial charge in [-0.15, -0.1) is 0 Å². The van der Waals surface area contributed by atoms with Crippen LogP contribution >= 0.6 is 11.6 Å². The van der Waals surface area contributed by atoms with Gasteiger partial charge in [-0.1, -0.05) is 17.7 Å². The molecule has 0 radical (unpaired) electrons. The number of benzene rings is 2. The van der Waals surface area contributed by atoms with E-state index >= 15 is 0 Å². The lowest BCUT2D eigenvalue weighted by atomic mass is 10.1. The maximum atomic E-state index is 12.4. The highest BCUT2D eigenvalue weighted by molar-refractivity contribution is 6.30. The van der Waals surface area contributed by atoms with E-state index in [2.05, 4.69) is 5.32 Å². The van der Waals surface area contributed by atoms with Crippen LogP contribution in [-0.4, -0.2) is 45.5 Å². The molecular weight excluding hydrogens is 394 g/mol. The average Bonchev–Trinajstić information content (AvgIpc) is 2.70. The van der Waals surface area contributed by atoms with Crippen LogP contribution in [0.25, 0.3) is 0 Å². The number of hydrogen-bond donors (Lipinski definition) is 1. The second-order valence-electron chi connectivity index (χ2n) is 6.68. The topological polar surface area (TPSA) is 66.0 Å². The highest BCUT2D eigenvalue weighted by Gasteiger charge is 2.18. The third kappa shape index (κ3) is 7.48. The Kier molecular flexibility index (Phi) is 9.09.